The molecule has 16 N–H and O–H groups in total. The van der Waals surface area contributed by atoms with E-state index < -0.39 is 158 Å². The Morgan fingerprint density at radius 2 is 0.897 bits per heavy atom. The molecule has 0 heterocycles. The second kappa shape index (κ2) is 31.9. The minimum Gasteiger partial charge on any atom is -0.481 e. The first-order valence-corrected chi connectivity index (χ1v) is 22.8. The molecular formula is C43H76N10O15. The lowest BCUT2D eigenvalue weighted by molar-refractivity contribution is -0.144. The summed E-state index contributed by atoms with van der Waals surface area (Å²) in [6, 6.07) is -10.7. The van der Waals surface area contributed by atoms with Crippen molar-refractivity contribution in [2.75, 3.05) is 19.7 Å². The zero-order chi connectivity index (χ0) is 52.4. The van der Waals surface area contributed by atoms with Gasteiger partial charge in [0.1, 0.15) is 42.3 Å². The summed E-state index contributed by atoms with van der Waals surface area (Å²) in [5.74, 6) is -12.3. The molecule has 388 valence electrons. The van der Waals surface area contributed by atoms with Crippen molar-refractivity contribution in [2.24, 2.45) is 35.1 Å². The maximum Gasteiger partial charge on any atom is 0.326 e. The lowest BCUT2D eigenvalue weighted by atomic mass is 9.99. The number of rotatable bonds is 34. The van der Waals surface area contributed by atoms with Crippen LogP contribution >= 0.6 is 0 Å². The van der Waals surface area contributed by atoms with Crippen LogP contribution in [0.5, 0.6) is 0 Å². The molecule has 0 saturated heterocycles. The van der Waals surface area contributed by atoms with Crippen LogP contribution in [0.25, 0.3) is 0 Å². The Labute approximate surface area is 396 Å². The lowest BCUT2D eigenvalue weighted by Gasteiger charge is -2.29. The van der Waals surface area contributed by atoms with Gasteiger partial charge in [0.25, 0.3) is 0 Å². The zero-order valence-corrected chi connectivity index (χ0v) is 40.3. The molecule has 0 aromatic rings. The molecule has 0 fully saturated rings. The topological polar surface area (TPSA) is 417 Å². The monoisotopic (exact) mass is 973 g/mol. The maximum atomic E-state index is 13.9. The summed E-state index contributed by atoms with van der Waals surface area (Å²) in [7, 11) is 0. The molecule has 0 rings (SSSR count). The van der Waals surface area contributed by atoms with Crippen LogP contribution in [-0.4, -0.2) is 154 Å². The minimum absolute atomic E-state index is 0.0144. The number of aliphatic hydroxyl groups is 1. The number of carbonyl (C=O) groups is 11. The standard InChI is InChI=1S/C43H76N10O15/c1-21(2)17-28(50-41(65)34(45)23(5)6)39(63)52-30(20-54)40(64)53-35(24(7)8)42(66)51-29(18-22(3)4)38(62)48-25(11-9-10-16-44)36(60)46-19-31(55)47-26(12-14-32(56)57)37(61)49-27(43(67)68)13-15-33(58)59/h21-30,34-35,54H,9-20,44-45H2,1-8H3,(H,46,60)(H,47,55)(H,48,62)(H,49,61)(H,50,65)(H,51,66)(H,52,63)(H,53,64)(H,56,57)(H,58,59)(H,67,68)/t25-,26-,27-,28-,29-,30-,34-,35-/m0/s1. The largest absolute Gasteiger partial charge is 0.481 e. The van der Waals surface area contributed by atoms with E-state index in [2.05, 4.69) is 42.5 Å². The average molecular weight is 973 g/mol. The molecule has 0 spiro atoms. The minimum atomic E-state index is -1.68. The van der Waals surface area contributed by atoms with Gasteiger partial charge in [-0.1, -0.05) is 55.4 Å². The molecule has 0 aromatic heterocycles. The predicted molar refractivity (Wildman–Crippen MR) is 244 cm³/mol. The Morgan fingerprint density at radius 1 is 0.471 bits per heavy atom. The second-order valence-electron chi connectivity index (χ2n) is 18.1. The number of carboxylic acids is 3. The summed E-state index contributed by atoms with van der Waals surface area (Å²) >= 11 is 0. The number of unbranched alkanes of at least 4 members (excludes halogenated alkanes) is 1. The van der Waals surface area contributed by atoms with Crippen molar-refractivity contribution in [3.8, 4) is 0 Å². The van der Waals surface area contributed by atoms with E-state index in [4.69, 9.17) is 16.6 Å². The highest BCUT2D eigenvalue weighted by molar-refractivity contribution is 5.97. The van der Waals surface area contributed by atoms with Gasteiger partial charge >= 0.3 is 17.9 Å². The van der Waals surface area contributed by atoms with E-state index >= 15 is 0 Å². The van der Waals surface area contributed by atoms with Crippen molar-refractivity contribution in [1.82, 2.24) is 42.5 Å². The Morgan fingerprint density at radius 3 is 1.34 bits per heavy atom. The van der Waals surface area contributed by atoms with Crippen LogP contribution < -0.4 is 54.0 Å². The van der Waals surface area contributed by atoms with Gasteiger partial charge in [0.15, 0.2) is 0 Å². The van der Waals surface area contributed by atoms with E-state index in [1.54, 1.807) is 41.5 Å². The van der Waals surface area contributed by atoms with E-state index in [1.807, 2.05) is 13.8 Å². The third-order valence-corrected chi connectivity index (χ3v) is 10.3. The number of aliphatic hydroxyl groups excluding tert-OH is 1. The van der Waals surface area contributed by atoms with Crippen LogP contribution in [0.15, 0.2) is 0 Å². The van der Waals surface area contributed by atoms with Crippen molar-refractivity contribution in [3.63, 3.8) is 0 Å². The molecule has 8 atom stereocenters. The maximum absolute atomic E-state index is 13.9. The van der Waals surface area contributed by atoms with Crippen LogP contribution in [0, 0.1) is 23.7 Å². The Kier molecular flexibility index (Phi) is 29.1. The molecule has 25 heteroatoms. The van der Waals surface area contributed by atoms with Crippen molar-refractivity contribution in [1.29, 1.82) is 0 Å². The highest BCUT2D eigenvalue weighted by atomic mass is 16.4. The number of carbonyl (C=O) groups excluding carboxylic acids is 8. The van der Waals surface area contributed by atoms with E-state index in [1.165, 1.54) is 0 Å². The van der Waals surface area contributed by atoms with Crippen LogP contribution in [0.1, 0.15) is 113 Å². The van der Waals surface area contributed by atoms with E-state index in [-0.39, 0.29) is 43.6 Å². The van der Waals surface area contributed by atoms with Gasteiger partial charge in [-0.2, -0.15) is 0 Å². The van der Waals surface area contributed by atoms with Crippen molar-refractivity contribution in [3.05, 3.63) is 0 Å². The van der Waals surface area contributed by atoms with Crippen molar-refractivity contribution in [2.45, 2.75) is 162 Å². The van der Waals surface area contributed by atoms with Crippen LogP contribution in [-0.2, 0) is 52.7 Å². The second-order valence-corrected chi connectivity index (χ2v) is 18.1. The van der Waals surface area contributed by atoms with Crippen molar-refractivity contribution < 1.29 is 73.2 Å². The number of aliphatic carboxylic acids is 3. The van der Waals surface area contributed by atoms with E-state index in [9.17, 15) is 68.1 Å². The first-order valence-electron chi connectivity index (χ1n) is 22.8. The number of hydrogen-bond donors (Lipinski definition) is 14. The van der Waals surface area contributed by atoms with Gasteiger partial charge in [0.2, 0.25) is 47.3 Å². The third-order valence-electron chi connectivity index (χ3n) is 10.3. The molecule has 0 aliphatic heterocycles. The molecule has 8 amide bonds. The zero-order valence-electron chi connectivity index (χ0n) is 40.3. The van der Waals surface area contributed by atoms with Crippen molar-refractivity contribution >= 4 is 65.2 Å². The fraction of sp³-hybridized carbons (Fsp3) is 0.744. The van der Waals surface area contributed by atoms with E-state index in [0.29, 0.717) is 12.8 Å². The molecule has 0 bridgehead atoms. The molecule has 68 heavy (non-hydrogen) atoms. The number of nitrogens with one attached hydrogen (secondary N) is 8. The van der Waals surface area contributed by atoms with Crippen LogP contribution in [0.2, 0.25) is 0 Å². The molecule has 0 radical (unpaired) electrons. The summed E-state index contributed by atoms with van der Waals surface area (Å²) < 4.78 is 0. The van der Waals surface area contributed by atoms with Gasteiger partial charge in [0, 0.05) is 12.8 Å². The highest BCUT2D eigenvalue weighted by Gasteiger charge is 2.35. The van der Waals surface area contributed by atoms with Crippen LogP contribution in [0.3, 0.4) is 0 Å². The number of amides is 8. The SMILES string of the molecule is CC(C)C[C@H](NC(=O)[C@@H](N)C(C)C)C(=O)N[C@@H](CO)C(=O)N[C@H](C(=O)N[C@@H](CC(C)C)C(=O)N[C@@H](CCCCN)C(=O)NCC(=O)N[C@@H](CCC(=O)O)C(=O)N[C@@H](CCC(=O)O)C(=O)O)C(C)C. The van der Waals surface area contributed by atoms with Crippen LogP contribution in [0.4, 0.5) is 0 Å². The quantitative estimate of drug-likeness (QED) is 0.0289. The normalized spacial score (nSPS) is 14.8. The number of hydrogen-bond acceptors (Lipinski definition) is 14. The molecule has 0 aromatic carbocycles. The molecule has 0 aliphatic carbocycles. The fourth-order valence-electron chi connectivity index (χ4n) is 6.40. The van der Waals surface area contributed by atoms with Gasteiger partial charge in [0.05, 0.1) is 19.2 Å². The average Bonchev–Trinajstić information content (AvgIpc) is 3.24. The summed E-state index contributed by atoms with van der Waals surface area (Å²) in [6.45, 7) is 12.4. The Balaban J connectivity index is 6.17. The van der Waals surface area contributed by atoms with Gasteiger partial charge < -0.3 is 74.4 Å². The van der Waals surface area contributed by atoms with Gasteiger partial charge in [-0.3, -0.25) is 47.9 Å². The summed E-state index contributed by atoms with van der Waals surface area (Å²) in [5, 5.41) is 57.1. The van der Waals surface area contributed by atoms with Gasteiger partial charge in [-0.15, -0.1) is 0 Å². The summed E-state index contributed by atoms with van der Waals surface area (Å²) in [5.41, 5.74) is 11.6. The molecule has 0 unspecified atom stereocenters. The molecule has 0 aliphatic rings. The van der Waals surface area contributed by atoms with Gasteiger partial charge in [-0.05, 0) is 75.2 Å². The fourth-order valence-corrected chi connectivity index (χ4v) is 6.40. The highest BCUT2D eigenvalue weighted by Crippen LogP contribution is 2.12. The molecule has 0 saturated carbocycles. The summed E-state index contributed by atoms with van der Waals surface area (Å²) in [4.78, 5) is 141. The predicted octanol–water partition coefficient (Wildman–Crippen LogP) is -2.84. The smallest absolute Gasteiger partial charge is 0.326 e. The molecule has 25 nitrogen and oxygen atoms in total. The first kappa shape index (κ1) is 62.1. The Bertz CT molecular complexity index is 1730. The summed E-state index contributed by atoms with van der Waals surface area (Å²) in [6.07, 6.45) is -1.26. The number of nitrogens with two attached hydrogens (primary N) is 2. The van der Waals surface area contributed by atoms with Gasteiger partial charge in [-0.25, -0.2) is 4.79 Å². The molecular weight excluding hydrogens is 897 g/mol. The first-order chi connectivity index (χ1) is 31.6. The number of carboxylic acid groups (broad SMARTS) is 3. The third kappa shape index (κ3) is 24.7. The van der Waals surface area contributed by atoms with E-state index in [0.717, 1.165) is 0 Å². The Hall–Kier alpha value is -5.95. The lowest BCUT2D eigenvalue weighted by Crippen LogP contribution is -2.61.